The molecule has 29 heavy (non-hydrogen) atoms. The Balaban J connectivity index is 0.00000150. The smallest absolute Gasteiger partial charge is 0.266 e. The maximum Gasteiger partial charge on any atom is 0.266 e. The van der Waals surface area contributed by atoms with Gasteiger partial charge >= 0.3 is 0 Å². The fourth-order valence-corrected chi connectivity index (χ4v) is 4.77. The van der Waals surface area contributed by atoms with Crippen molar-refractivity contribution in [3.05, 3.63) is 76.1 Å². The molecule has 1 aromatic heterocycles. The average molecular weight is 450 g/mol. The van der Waals surface area contributed by atoms with Crippen LogP contribution in [0.25, 0.3) is 11.3 Å². The van der Waals surface area contributed by atoms with Crippen molar-refractivity contribution in [2.45, 2.75) is 12.8 Å². The molecule has 1 aliphatic heterocycles. The highest BCUT2D eigenvalue weighted by molar-refractivity contribution is 7.14. The molecule has 0 spiro atoms. The van der Waals surface area contributed by atoms with E-state index in [0.717, 1.165) is 21.1 Å². The largest absolute Gasteiger partial charge is 0.337 e. The number of hydrogen-bond acceptors (Lipinski definition) is 4. The Labute approximate surface area is 188 Å². The predicted molar refractivity (Wildman–Crippen MR) is 124 cm³/mol. The number of likely N-dealkylation sites (tertiary alicyclic amines) is 1. The SMILES string of the molecule is Cc1nc(-c2ccccc2)c(C(=O)N2C[C@@H](CN)[C@H](c3ccccc3)C2)s1.Cl.Cl. The molecule has 2 aromatic carbocycles. The molecule has 1 amide bonds. The molecule has 0 radical (unpaired) electrons. The Hall–Kier alpha value is -1.92. The molecule has 1 aliphatic rings. The first-order valence-corrected chi connectivity index (χ1v) is 10.1. The van der Waals surface area contributed by atoms with E-state index in [4.69, 9.17) is 5.73 Å². The van der Waals surface area contributed by atoms with Crippen molar-refractivity contribution in [2.24, 2.45) is 11.7 Å². The number of thiazole rings is 1. The van der Waals surface area contributed by atoms with Gasteiger partial charge in [-0.2, -0.15) is 0 Å². The number of aryl methyl sites for hydroxylation is 1. The lowest BCUT2D eigenvalue weighted by molar-refractivity contribution is 0.0791. The second-order valence-electron chi connectivity index (χ2n) is 7.00. The summed E-state index contributed by atoms with van der Waals surface area (Å²) in [5, 5.41) is 0.909. The predicted octanol–water partition coefficient (Wildman–Crippen LogP) is 4.78. The number of carbonyl (C=O) groups excluding carboxylic acids is 1. The summed E-state index contributed by atoms with van der Waals surface area (Å²) in [5.74, 6) is 0.635. The topological polar surface area (TPSA) is 59.2 Å². The maximum absolute atomic E-state index is 13.3. The summed E-state index contributed by atoms with van der Waals surface area (Å²) in [6.07, 6.45) is 0. The van der Waals surface area contributed by atoms with Crippen molar-refractivity contribution in [2.75, 3.05) is 19.6 Å². The van der Waals surface area contributed by atoms with Gasteiger partial charge in [0.1, 0.15) is 4.88 Å². The minimum Gasteiger partial charge on any atom is -0.337 e. The highest BCUT2D eigenvalue weighted by Gasteiger charge is 2.37. The van der Waals surface area contributed by atoms with Gasteiger partial charge in [0.15, 0.2) is 0 Å². The molecule has 1 fully saturated rings. The molecule has 1 saturated heterocycles. The summed E-state index contributed by atoms with van der Waals surface area (Å²) in [4.78, 5) is 20.7. The van der Waals surface area contributed by atoms with Crippen LogP contribution in [0.1, 0.15) is 26.2 Å². The monoisotopic (exact) mass is 449 g/mol. The van der Waals surface area contributed by atoms with Crippen molar-refractivity contribution in [3.63, 3.8) is 0 Å². The van der Waals surface area contributed by atoms with Crippen LogP contribution in [0, 0.1) is 12.8 Å². The number of benzene rings is 2. The Morgan fingerprint density at radius 1 is 1.07 bits per heavy atom. The fourth-order valence-electron chi connectivity index (χ4n) is 3.86. The molecule has 2 atom stereocenters. The quantitative estimate of drug-likeness (QED) is 0.623. The number of carbonyl (C=O) groups is 1. The van der Waals surface area contributed by atoms with Crippen molar-refractivity contribution >= 4 is 42.1 Å². The molecule has 0 saturated carbocycles. The number of hydrogen-bond donors (Lipinski definition) is 1. The summed E-state index contributed by atoms with van der Waals surface area (Å²) < 4.78 is 0. The first-order valence-electron chi connectivity index (χ1n) is 9.24. The van der Waals surface area contributed by atoms with E-state index in [9.17, 15) is 4.79 Å². The van der Waals surface area contributed by atoms with Crippen LogP contribution in [0.5, 0.6) is 0 Å². The zero-order valence-corrected chi connectivity index (χ0v) is 18.6. The normalized spacial score (nSPS) is 18.1. The second kappa shape index (κ2) is 10.2. The van der Waals surface area contributed by atoms with Crippen LogP contribution >= 0.6 is 36.2 Å². The van der Waals surface area contributed by atoms with Crippen LogP contribution in [-0.4, -0.2) is 35.4 Å². The van der Waals surface area contributed by atoms with E-state index in [2.05, 4.69) is 17.1 Å². The van der Waals surface area contributed by atoms with Crippen molar-refractivity contribution in [1.29, 1.82) is 0 Å². The zero-order valence-electron chi connectivity index (χ0n) is 16.2. The molecule has 2 N–H and O–H groups in total. The highest BCUT2D eigenvalue weighted by atomic mass is 35.5. The Bertz CT molecular complexity index is 934. The molecule has 7 heteroatoms. The molecule has 154 valence electrons. The van der Waals surface area contributed by atoms with E-state index in [1.165, 1.54) is 16.9 Å². The van der Waals surface area contributed by atoms with Gasteiger partial charge in [-0.15, -0.1) is 36.2 Å². The molecule has 3 aromatic rings. The zero-order chi connectivity index (χ0) is 18.8. The lowest BCUT2D eigenvalue weighted by atomic mass is 9.89. The maximum atomic E-state index is 13.3. The number of nitrogens with zero attached hydrogens (tertiary/aromatic N) is 2. The van der Waals surface area contributed by atoms with Gasteiger partial charge < -0.3 is 10.6 Å². The molecule has 4 nitrogen and oxygen atoms in total. The first-order chi connectivity index (χ1) is 13.2. The van der Waals surface area contributed by atoms with Gasteiger partial charge in [0.05, 0.1) is 10.7 Å². The summed E-state index contributed by atoms with van der Waals surface area (Å²) in [5.41, 5.74) is 9.07. The number of nitrogens with two attached hydrogens (primary N) is 1. The van der Waals surface area contributed by atoms with Gasteiger partial charge in [0.2, 0.25) is 0 Å². The standard InChI is InChI=1S/C22H23N3OS.2ClH/c1-15-24-20(17-10-6-3-7-11-17)21(27-15)22(26)25-13-18(12-23)19(14-25)16-8-4-2-5-9-16;;/h2-11,18-19H,12-14,23H2,1H3;2*1H/t18-,19+;;/m1../s1. The molecule has 0 bridgehead atoms. The average Bonchev–Trinajstić information content (AvgIpc) is 3.32. The molecule has 2 heterocycles. The van der Waals surface area contributed by atoms with Crippen LogP contribution in [0.4, 0.5) is 0 Å². The van der Waals surface area contributed by atoms with Gasteiger partial charge in [0.25, 0.3) is 5.91 Å². The Morgan fingerprint density at radius 3 is 2.31 bits per heavy atom. The number of amides is 1. The van der Waals surface area contributed by atoms with Crippen molar-refractivity contribution in [1.82, 2.24) is 9.88 Å². The summed E-state index contributed by atoms with van der Waals surface area (Å²) in [6.45, 7) is 3.93. The molecule has 0 unspecified atom stereocenters. The van der Waals surface area contributed by atoms with E-state index in [1.54, 1.807) is 0 Å². The lowest BCUT2D eigenvalue weighted by Crippen LogP contribution is -2.29. The van der Waals surface area contributed by atoms with Crippen molar-refractivity contribution < 1.29 is 4.79 Å². The summed E-state index contributed by atoms with van der Waals surface area (Å²) in [7, 11) is 0. The van der Waals surface area contributed by atoms with Gasteiger partial charge in [-0.05, 0) is 24.9 Å². The Kier molecular flexibility index (Phi) is 8.23. The van der Waals surface area contributed by atoms with Crippen LogP contribution in [-0.2, 0) is 0 Å². The molecular formula is C22H25Cl2N3OS. The first kappa shape index (κ1) is 23.4. The molecular weight excluding hydrogens is 425 g/mol. The number of halogens is 2. The van der Waals surface area contributed by atoms with Crippen LogP contribution in [0.15, 0.2) is 60.7 Å². The second-order valence-corrected chi connectivity index (χ2v) is 8.20. The third kappa shape index (κ3) is 4.81. The third-order valence-corrected chi connectivity index (χ3v) is 6.19. The highest BCUT2D eigenvalue weighted by Crippen LogP contribution is 2.35. The van der Waals surface area contributed by atoms with Gasteiger partial charge in [0, 0.05) is 24.6 Å². The number of aromatic nitrogens is 1. The van der Waals surface area contributed by atoms with Gasteiger partial charge in [-0.1, -0.05) is 60.7 Å². The van der Waals surface area contributed by atoms with Crippen LogP contribution < -0.4 is 5.73 Å². The number of rotatable bonds is 4. The fraction of sp³-hybridized carbons (Fsp3) is 0.273. The van der Waals surface area contributed by atoms with Gasteiger partial charge in [-0.3, -0.25) is 4.79 Å². The summed E-state index contributed by atoms with van der Waals surface area (Å²) >= 11 is 1.48. The Morgan fingerprint density at radius 2 is 1.69 bits per heavy atom. The van der Waals surface area contributed by atoms with Gasteiger partial charge in [-0.25, -0.2) is 4.98 Å². The lowest BCUT2D eigenvalue weighted by Gasteiger charge is -2.16. The van der Waals surface area contributed by atoms with Crippen LogP contribution in [0.3, 0.4) is 0 Å². The molecule has 4 rings (SSSR count). The minimum absolute atomic E-state index is 0. The van der Waals surface area contributed by atoms with E-state index >= 15 is 0 Å². The minimum atomic E-state index is 0. The van der Waals surface area contributed by atoms with E-state index < -0.39 is 0 Å². The third-order valence-electron chi connectivity index (χ3n) is 5.23. The molecule has 0 aliphatic carbocycles. The van der Waals surface area contributed by atoms with E-state index in [-0.39, 0.29) is 42.6 Å². The van der Waals surface area contributed by atoms with Crippen LogP contribution in [0.2, 0.25) is 0 Å². The summed E-state index contributed by atoms with van der Waals surface area (Å²) in [6, 6.07) is 20.3. The van der Waals surface area contributed by atoms with E-state index in [0.29, 0.717) is 19.6 Å². The van der Waals surface area contributed by atoms with E-state index in [1.807, 2.05) is 60.4 Å². The van der Waals surface area contributed by atoms with Crippen molar-refractivity contribution in [3.8, 4) is 11.3 Å².